The molecule has 2 rings (SSSR count). The van der Waals surface area contributed by atoms with Crippen LogP contribution in [0.4, 0.5) is 0 Å². The van der Waals surface area contributed by atoms with Gasteiger partial charge in [-0.15, -0.1) is 0 Å². The van der Waals surface area contributed by atoms with Gasteiger partial charge in [0.1, 0.15) is 0 Å². The molecule has 58 valence electrons. The van der Waals surface area contributed by atoms with Gasteiger partial charge in [-0.3, -0.25) is 0 Å². The highest BCUT2D eigenvalue weighted by Crippen LogP contribution is 2.22. The van der Waals surface area contributed by atoms with Crippen LogP contribution >= 0.6 is 0 Å². The normalized spacial score (nSPS) is 21.8. The van der Waals surface area contributed by atoms with Crippen LogP contribution in [0.5, 0.6) is 0 Å². The minimum Gasteiger partial charge on any atom is -0.354 e. The average Bonchev–Trinajstić information content (AvgIpc) is 2.33. The highest BCUT2D eigenvalue weighted by atomic mass is 14.9. The van der Waals surface area contributed by atoms with Crippen LogP contribution in [0, 0.1) is 5.92 Å². The van der Waals surface area contributed by atoms with Crippen LogP contribution in [0.2, 0.25) is 0 Å². The SMILES string of the molecule is CC1C=Cc2ccn(C)c2C1. The van der Waals surface area contributed by atoms with Crippen LogP contribution in [-0.4, -0.2) is 4.57 Å². The Morgan fingerprint density at radius 2 is 2.36 bits per heavy atom. The fraction of sp³-hybridized carbons (Fsp3) is 0.400. The van der Waals surface area contributed by atoms with Crippen molar-refractivity contribution in [2.24, 2.45) is 13.0 Å². The van der Waals surface area contributed by atoms with E-state index in [1.165, 1.54) is 17.7 Å². The van der Waals surface area contributed by atoms with Gasteiger partial charge in [0.2, 0.25) is 0 Å². The zero-order valence-electron chi connectivity index (χ0n) is 7.04. The maximum Gasteiger partial charge on any atom is 0.0250 e. The Labute approximate surface area is 67.3 Å². The number of aromatic nitrogens is 1. The van der Waals surface area contributed by atoms with Crippen LogP contribution in [0.1, 0.15) is 18.2 Å². The van der Waals surface area contributed by atoms with Gasteiger partial charge in [-0.05, 0) is 24.0 Å². The van der Waals surface area contributed by atoms with Gasteiger partial charge in [-0.2, -0.15) is 0 Å². The van der Waals surface area contributed by atoms with E-state index in [-0.39, 0.29) is 0 Å². The molecule has 1 unspecified atom stereocenters. The summed E-state index contributed by atoms with van der Waals surface area (Å²) in [4.78, 5) is 0. The lowest BCUT2D eigenvalue weighted by atomic mass is 9.96. The summed E-state index contributed by atoms with van der Waals surface area (Å²) in [6.07, 6.45) is 7.83. The van der Waals surface area contributed by atoms with Gasteiger partial charge < -0.3 is 4.57 Å². The Bertz CT molecular complexity index is 294. The number of aryl methyl sites for hydroxylation is 1. The van der Waals surface area contributed by atoms with E-state index in [0.29, 0.717) is 5.92 Å². The first kappa shape index (κ1) is 6.71. The van der Waals surface area contributed by atoms with Crippen molar-refractivity contribution >= 4 is 6.08 Å². The van der Waals surface area contributed by atoms with Crippen LogP contribution in [0.25, 0.3) is 6.08 Å². The van der Waals surface area contributed by atoms with Gasteiger partial charge in [0.25, 0.3) is 0 Å². The summed E-state index contributed by atoms with van der Waals surface area (Å²) < 4.78 is 2.22. The molecule has 1 aromatic heterocycles. The van der Waals surface area contributed by atoms with Gasteiger partial charge in [-0.25, -0.2) is 0 Å². The molecule has 1 atom stereocenters. The van der Waals surface area contributed by atoms with E-state index in [0.717, 1.165) is 0 Å². The fourth-order valence-electron chi connectivity index (χ4n) is 1.64. The Kier molecular flexibility index (Phi) is 1.38. The summed E-state index contributed by atoms with van der Waals surface area (Å²) in [7, 11) is 2.12. The molecule has 0 radical (unpaired) electrons. The Hall–Kier alpha value is -0.980. The molecule has 0 fully saturated rings. The molecular formula is C10H13N. The van der Waals surface area contributed by atoms with Crippen molar-refractivity contribution in [2.45, 2.75) is 13.3 Å². The number of nitrogens with zero attached hydrogens (tertiary/aromatic N) is 1. The van der Waals surface area contributed by atoms with Crippen LogP contribution in [0.3, 0.4) is 0 Å². The van der Waals surface area contributed by atoms with Gasteiger partial charge in [0.05, 0.1) is 0 Å². The first-order chi connectivity index (χ1) is 5.27. The van der Waals surface area contributed by atoms with Crippen molar-refractivity contribution in [2.75, 3.05) is 0 Å². The molecule has 1 nitrogen and oxygen atoms in total. The monoisotopic (exact) mass is 147 g/mol. The molecule has 1 aromatic rings. The zero-order chi connectivity index (χ0) is 7.84. The van der Waals surface area contributed by atoms with Crippen molar-refractivity contribution in [1.82, 2.24) is 4.57 Å². The summed E-state index contributed by atoms with van der Waals surface area (Å²) in [5, 5.41) is 0. The molecule has 0 saturated carbocycles. The molecular weight excluding hydrogens is 134 g/mol. The lowest BCUT2D eigenvalue weighted by Crippen LogP contribution is -2.06. The number of hydrogen-bond acceptors (Lipinski definition) is 0. The predicted molar refractivity (Wildman–Crippen MR) is 47.3 cm³/mol. The molecule has 11 heavy (non-hydrogen) atoms. The van der Waals surface area contributed by atoms with E-state index in [4.69, 9.17) is 0 Å². The highest BCUT2D eigenvalue weighted by molar-refractivity contribution is 5.55. The minimum atomic E-state index is 0.705. The molecule has 1 heteroatoms. The molecule has 0 saturated heterocycles. The third-order valence-corrected chi connectivity index (χ3v) is 2.36. The lowest BCUT2D eigenvalue weighted by molar-refractivity contribution is 0.669. The van der Waals surface area contributed by atoms with Crippen molar-refractivity contribution in [3.63, 3.8) is 0 Å². The third-order valence-electron chi connectivity index (χ3n) is 2.36. The summed E-state index contributed by atoms with van der Waals surface area (Å²) in [6.45, 7) is 2.26. The van der Waals surface area contributed by atoms with E-state index in [9.17, 15) is 0 Å². The maximum atomic E-state index is 2.28. The Balaban J connectivity index is 2.48. The van der Waals surface area contributed by atoms with E-state index >= 15 is 0 Å². The van der Waals surface area contributed by atoms with Gasteiger partial charge in [-0.1, -0.05) is 19.1 Å². The van der Waals surface area contributed by atoms with Crippen molar-refractivity contribution in [3.8, 4) is 0 Å². The van der Waals surface area contributed by atoms with Crippen LogP contribution < -0.4 is 0 Å². The van der Waals surface area contributed by atoms with Crippen molar-refractivity contribution in [3.05, 3.63) is 29.6 Å². The molecule has 0 spiro atoms. The summed E-state index contributed by atoms with van der Waals surface area (Å²) >= 11 is 0. The quantitative estimate of drug-likeness (QED) is 0.530. The number of fused-ring (bicyclic) bond motifs is 1. The summed E-state index contributed by atoms with van der Waals surface area (Å²) in [5.74, 6) is 0.705. The number of hydrogen-bond donors (Lipinski definition) is 0. The number of rotatable bonds is 0. The topological polar surface area (TPSA) is 4.93 Å². The first-order valence-corrected chi connectivity index (χ1v) is 4.10. The van der Waals surface area contributed by atoms with E-state index in [1.54, 1.807) is 0 Å². The fourth-order valence-corrected chi connectivity index (χ4v) is 1.64. The highest BCUT2D eigenvalue weighted by Gasteiger charge is 2.11. The predicted octanol–water partition coefficient (Wildman–Crippen LogP) is 2.23. The molecule has 0 aliphatic heterocycles. The first-order valence-electron chi connectivity index (χ1n) is 4.10. The van der Waals surface area contributed by atoms with Crippen LogP contribution in [0.15, 0.2) is 18.3 Å². The van der Waals surface area contributed by atoms with E-state index in [1.807, 2.05) is 0 Å². The average molecular weight is 147 g/mol. The second-order valence-electron chi connectivity index (χ2n) is 3.37. The number of allylic oxidation sites excluding steroid dienone is 1. The van der Waals surface area contributed by atoms with Gasteiger partial charge in [0.15, 0.2) is 0 Å². The van der Waals surface area contributed by atoms with E-state index < -0.39 is 0 Å². The van der Waals surface area contributed by atoms with Crippen molar-refractivity contribution < 1.29 is 0 Å². The lowest BCUT2D eigenvalue weighted by Gasteiger charge is -2.13. The molecule has 1 aliphatic rings. The second kappa shape index (κ2) is 2.26. The van der Waals surface area contributed by atoms with Crippen LogP contribution in [-0.2, 0) is 13.5 Å². The molecule has 0 bridgehead atoms. The van der Waals surface area contributed by atoms with E-state index in [2.05, 4.69) is 43.0 Å². The Morgan fingerprint density at radius 3 is 3.18 bits per heavy atom. The molecule has 0 N–H and O–H groups in total. The third kappa shape index (κ3) is 1.01. The smallest absolute Gasteiger partial charge is 0.0250 e. The van der Waals surface area contributed by atoms with Crippen molar-refractivity contribution in [1.29, 1.82) is 0 Å². The molecule has 1 aliphatic carbocycles. The molecule has 0 amide bonds. The standard InChI is InChI=1S/C10H13N/c1-8-3-4-9-5-6-11(2)10(9)7-8/h3-6,8H,7H2,1-2H3. The minimum absolute atomic E-state index is 0.705. The zero-order valence-corrected chi connectivity index (χ0v) is 7.04. The Morgan fingerprint density at radius 1 is 1.55 bits per heavy atom. The maximum absolute atomic E-state index is 2.28. The molecule has 0 aromatic carbocycles. The van der Waals surface area contributed by atoms with Gasteiger partial charge in [0, 0.05) is 18.9 Å². The largest absolute Gasteiger partial charge is 0.354 e. The summed E-state index contributed by atoms with van der Waals surface area (Å²) in [5.41, 5.74) is 2.87. The molecule has 1 heterocycles. The summed E-state index contributed by atoms with van der Waals surface area (Å²) in [6, 6.07) is 2.18. The van der Waals surface area contributed by atoms with Gasteiger partial charge >= 0.3 is 0 Å². The second-order valence-corrected chi connectivity index (χ2v) is 3.37.